The van der Waals surface area contributed by atoms with Crippen molar-refractivity contribution in [3.05, 3.63) is 99.2 Å². The molecule has 0 unspecified atom stereocenters. The Kier molecular flexibility index (Phi) is 6.22. The number of nitrogens with zero attached hydrogens (tertiary/aromatic N) is 5. The van der Waals surface area contributed by atoms with Gasteiger partial charge in [-0.05, 0) is 35.9 Å². The summed E-state index contributed by atoms with van der Waals surface area (Å²) in [6.45, 7) is -0.968. The predicted molar refractivity (Wildman–Crippen MR) is 135 cm³/mol. The Morgan fingerprint density at radius 2 is 1.88 bits per heavy atom. The molecule has 0 saturated heterocycles. The van der Waals surface area contributed by atoms with E-state index in [-0.39, 0.29) is 48.8 Å². The third kappa shape index (κ3) is 4.43. The van der Waals surface area contributed by atoms with Crippen LogP contribution in [0.15, 0.2) is 63.8 Å². The first-order valence-electron chi connectivity index (χ1n) is 12.3. The average molecular weight is 550 g/mol. The van der Waals surface area contributed by atoms with Crippen molar-refractivity contribution in [2.24, 2.45) is 0 Å². The van der Waals surface area contributed by atoms with E-state index in [1.54, 1.807) is 34.9 Å². The van der Waals surface area contributed by atoms with Crippen LogP contribution in [-0.2, 0) is 25.4 Å². The Morgan fingerprint density at radius 1 is 1.07 bits per heavy atom. The molecule has 0 fully saturated rings. The Hall–Kier alpha value is -4.78. The summed E-state index contributed by atoms with van der Waals surface area (Å²) in [5, 5.41) is 24.8. The minimum Gasteiger partial charge on any atom is -0.451 e. The largest absolute Gasteiger partial charge is 0.451 e. The van der Waals surface area contributed by atoms with Crippen LogP contribution >= 0.6 is 0 Å². The number of carbonyl (C=O) groups excluding carboxylic acids is 1. The molecule has 0 atom stereocenters. The Labute approximate surface area is 223 Å². The van der Waals surface area contributed by atoms with Crippen molar-refractivity contribution in [2.45, 2.75) is 25.4 Å². The summed E-state index contributed by atoms with van der Waals surface area (Å²) in [6, 6.07) is 13.6. The summed E-state index contributed by atoms with van der Waals surface area (Å²) in [4.78, 5) is 26.9. The van der Waals surface area contributed by atoms with E-state index < -0.39 is 30.0 Å². The molecule has 0 saturated carbocycles. The van der Waals surface area contributed by atoms with Crippen LogP contribution in [0.3, 0.4) is 0 Å². The third-order valence-electron chi connectivity index (χ3n) is 6.83. The number of carbonyl (C=O) groups is 1. The van der Waals surface area contributed by atoms with Gasteiger partial charge in [0.2, 0.25) is 0 Å². The lowest BCUT2D eigenvalue weighted by atomic mass is 10.0. The number of H-pyrrole nitrogens is 1. The molecule has 13 heteroatoms. The molecule has 0 bridgehead atoms. The molecule has 1 aliphatic heterocycles. The van der Waals surface area contributed by atoms with Crippen LogP contribution in [0.1, 0.15) is 33.2 Å². The summed E-state index contributed by atoms with van der Waals surface area (Å²) < 4.78 is 49.2. The minimum atomic E-state index is -3.54. The van der Waals surface area contributed by atoms with Gasteiger partial charge in [-0.15, -0.1) is 10.2 Å². The second-order valence-corrected chi connectivity index (χ2v) is 9.38. The van der Waals surface area contributed by atoms with Gasteiger partial charge in [-0.1, -0.05) is 24.3 Å². The number of fused-ring (bicyclic) bond motifs is 2. The van der Waals surface area contributed by atoms with Gasteiger partial charge in [0.1, 0.15) is 12.4 Å². The van der Waals surface area contributed by atoms with Gasteiger partial charge in [0.15, 0.2) is 23.2 Å². The van der Waals surface area contributed by atoms with Crippen LogP contribution in [0, 0.1) is 5.82 Å². The number of amides is 1. The molecule has 204 valence electrons. The van der Waals surface area contributed by atoms with Crippen LogP contribution < -0.4 is 5.56 Å². The Bertz CT molecular complexity index is 1810. The van der Waals surface area contributed by atoms with Crippen molar-refractivity contribution in [1.29, 1.82) is 0 Å². The van der Waals surface area contributed by atoms with Gasteiger partial charge < -0.3 is 19.0 Å². The lowest BCUT2D eigenvalue weighted by Gasteiger charge is -2.28. The van der Waals surface area contributed by atoms with E-state index in [1.807, 2.05) is 0 Å². The molecule has 2 N–H and O–H groups in total. The Balaban J connectivity index is 1.23. The molecule has 2 aromatic carbocycles. The summed E-state index contributed by atoms with van der Waals surface area (Å²) in [7, 11) is 0. The van der Waals surface area contributed by atoms with Gasteiger partial charge in [0.25, 0.3) is 11.5 Å². The standard InChI is InChI=1S/C27H21F3N6O4/c28-19-6-5-15(12-20-16-3-1-2-4-17(16)25(38)34-31-20)11-18(19)26(39)35-9-10-36-23(13-35)32-33-24(36)21-7-8-22(40-21)27(29,30)14-37/h1-8,11,37H,9-10,12-14H2,(H,34,38). The molecular weight excluding hydrogens is 529 g/mol. The lowest BCUT2D eigenvalue weighted by Crippen LogP contribution is -2.39. The molecule has 40 heavy (non-hydrogen) atoms. The zero-order valence-electron chi connectivity index (χ0n) is 20.8. The molecule has 0 radical (unpaired) electrons. The number of halogens is 3. The molecule has 1 aliphatic rings. The number of aromatic amines is 1. The Morgan fingerprint density at radius 3 is 2.67 bits per heavy atom. The number of furan rings is 1. The van der Waals surface area contributed by atoms with Crippen LogP contribution in [-0.4, -0.2) is 54.0 Å². The first-order valence-corrected chi connectivity index (χ1v) is 12.3. The van der Waals surface area contributed by atoms with E-state index in [9.17, 15) is 22.8 Å². The fraction of sp³-hybridized carbons (Fsp3) is 0.222. The molecule has 6 rings (SSSR count). The maximum atomic E-state index is 14.8. The summed E-state index contributed by atoms with van der Waals surface area (Å²) in [6.07, 6.45) is 0.260. The minimum absolute atomic E-state index is 0.0159. The number of hydrogen-bond acceptors (Lipinski definition) is 7. The van der Waals surface area contributed by atoms with Crippen molar-refractivity contribution >= 4 is 16.7 Å². The summed E-state index contributed by atoms with van der Waals surface area (Å²) in [5.74, 6) is -4.84. The van der Waals surface area contributed by atoms with E-state index in [2.05, 4.69) is 20.4 Å². The maximum Gasteiger partial charge on any atom is 0.327 e. The van der Waals surface area contributed by atoms with Gasteiger partial charge >= 0.3 is 5.92 Å². The second kappa shape index (κ2) is 9.75. The summed E-state index contributed by atoms with van der Waals surface area (Å²) in [5.41, 5.74) is 0.772. The molecule has 0 spiro atoms. The lowest BCUT2D eigenvalue weighted by molar-refractivity contribution is -0.0718. The average Bonchev–Trinajstić information content (AvgIpc) is 3.63. The first kappa shape index (κ1) is 25.5. The molecule has 3 aromatic heterocycles. The summed E-state index contributed by atoms with van der Waals surface area (Å²) >= 11 is 0. The normalized spacial score (nSPS) is 13.6. The highest BCUT2D eigenvalue weighted by molar-refractivity contribution is 5.94. The van der Waals surface area contributed by atoms with Crippen molar-refractivity contribution in [3.63, 3.8) is 0 Å². The fourth-order valence-electron chi connectivity index (χ4n) is 4.76. The fourth-order valence-corrected chi connectivity index (χ4v) is 4.76. The molecule has 4 heterocycles. The first-order chi connectivity index (χ1) is 19.2. The number of aromatic nitrogens is 5. The molecule has 10 nitrogen and oxygen atoms in total. The van der Waals surface area contributed by atoms with E-state index in [1.165, 1.54) is 23.1 Å². The maximum absolute atomic E-state index is 14.8. The third-order valence-corrected chi connectivity index (χ3v) is 6.83. The van der Waals surface area contributed by atoms with Gasteiger partial charge in [0.05, 0.1) is 23.2 Å². The number of benzene rings is 2. The van der Waals surface area contributed by atoms with Crippen molar-refractivity contribution in [3.8, 4) is 11.6 Å². The van der Waals surface area contributed by atoms with Crippen LogP contribution in [0.2, 0.25) is 0 Å². The van der Waals surface area contributed by atoms with Gasteiger partial charge in [0, 0.05) is 24.9 Å². The second-order valence-electron chi connectivity index (χ2n) is 9.38. The smallest absolute Gasteiger partial charge is 0.327 e. The number of nitrogens with one attached hydrogen (secondary N) is 1. The van der Waals surface area contributed by atoms with Crippen molar-refractivity contribution in [2.75, 3.05) is 13.2 Å². The molecule has 1 amide bonds. The van der Waals surface area contributed by atoms with Crippen LogP contribution in [0.4, 0.5) is 13.2 Å². The highest BCUT2D eigenvalue weighted by Crippen LogP contribution is 2.32. The number of alkyl halides is 2. The van der Waals surface area contributed by atoms with Crippen LogP contribution in [0.25, 0.3) is 22.4 Å². The van der Waals surface area contributed by atoms with E-state index in [4.69, 9.17) is 9.52 Å². The van der Waals surface area contributed by atoms with E-state index in [0.29, 0.717) is 27.9 Å². The number of aliphatic hydroxyl groups excluding tert-OH is 1. The van der Waals surface area contributed by atoms with E-state index >= 15 is 0 Å². The molecule has 0 aliphatic carbocycles. The quantitative estimate of drug-likeness (QED) is 0.332. The van der Waals surface area contributed by atoms with E-state index in [0.717, 1.165) is 6.07 Å². The molecular formula is C27H21F3N6O4. The monoisotopic (exact) mass is 550 g/mol. The predicted octanol–water partition coefficient (Wildman–Crippen LogP) is 3.24. The van der Waals surface area contributed by atoms with Gasteiger partial charge in [-0.3, -0.25) is 9.59 Å². The van der Waals surface area contributed by atoms with Gasteiger partial charge in [-0.2, -0.15) is 13.9 Å². The zero-order valence-corrected chi connectivity index (χ0v) is 20.8. The number of aliphatic hydroxyl groups is 1. The highest BCUT2D eigenvalue weighted by atomic mass is 19.3. The SMILES string of the molecule is O=C(c1cc(Cc2n[nH]c(=O)c3ccccc23)ccc1F)N1CCn2c(nnc2-c2ccc(C(F)(F)CO)o2)C1. The van der Waals surface area contributed by atoms with Crippen molar-refractivity contribution in [1.82, 2.24) is 29.9 Å². The van der Waals surface area contributed by atoms with Crippen molar-refractivity contribution < 1.29 is 27.5 Å². The number of rotatable bonds is 6. The zero-order chi connectivity index (χ0) is 28.0. The molecule has 5 aromatic rings. The number of hydrogen-bond donors (Lipinski definition) is 2. The van der Waals surface area contributed by atoms with Gasteiger partial charge in [-0.25, -0.2) is 9.49 Å². The van der Waals surface area contributed by atoms with Crippen LogP contribution in [0.5, 0.6) is 0 Å². The highest BCUT2D eigenvalue weighted by Gasteiger charge is 2.35. The topological polar surface area (TPSA) is 130 Å².